The first-order chi connectivity index (χ1) is 17.3. The number of hydrogen-bond acceptors (Lipinski definition) is 7. The summed E-state index contributed by atoms with van der Waals surface area (Å²) in [4.78, 5) is 39.9. The van der Waals surface area contributed by atoms with Gasteiger partial charge in [0.05, 0.1) is 11.5 Å². The standard InChI is InChI=1S/C29H28O7/c1-29(34)16-23(31)25(27(32)35-17-19-8-4-2-5-9-19)24(21-12-14-22(30)15-13-21)26(29)28(33)36-18-20-10-6-3-7-11-20/h2-15,24-26,30,34H,16-18H2,1H3/t24-,25+,26-,29-/m1/s1. The minimum absolute atomic E-state index is 0.0148. The van der Waals surface area contributed by atoms with Gasteiger partial charge in [0.1, 0.15) is 24.9 Å². The van der Waals surface area contributed by atoms with Gasteiger partial charge in [-0.1, -0.05) is 72.8 Å². The largest absolute Gasteiger partial charge is 0.508 e. The van der Waals surface area contributed by atoms with Crippen LogP contribution >= 0.6 is 0 Å². The second-order valence-electron chi connectivity index (χ2n) is 9.26. The van der Waals surface area contributed by atoms with Crippen molar-refractivity contribution in [3.63, 3.8) is 0 Å². The Bertz CT molecular complexity index is 1200. The van der Waals surface area contributed by atoms with Crippen LogP contribution in [0.2, 0.25) is 0 Å². The third kappa shape index (κ3) is 5.63. The Labute approximate surface area is 209 Å². The summed E-state index contributed by atoms with van der Waals surface area (Å²) in [5.41, 5.74) is 0.187. The van der Waals surface area contributed by atoms with Gasteiger partial charge in [0.15, 0.2) is 5.78 Å². The molecule has 1 saturated carbocycles. The van der Waals surface area contributed by atoms with Gasteiger partial charge >= 0.3 is 11.9 Å². The average molecular weight is 489 g/mol. The molecule has 186 valence electrons. The number of phenols is 1. The molecule has 0 heterocycles. The van der Waals surface area contributed by atoms with Crippen LogP contribution in [0.4, 0.5) is 0 Å². The van der Waals surface area contributed by atoms with E-state index in [1.165, 1.54) is 31.2 Å². The Balaban J connectivity index is 1.66. The monoisotopic (exact) mass is 488 g/mol. The van der Waals surface area contributed by atoms with Gasteiger partial charge < -0.3 is 19.7 Å². The summed E-state index contributed by atoms with van der Waals surface area (Å²) in [6.45, 7) is 1.34. The van der Waals surface area contributed by atoms with E-state index >= 15 is 0 Å². The average Bonchev–Trinajstić information content (AvgIpc) is 2.86. The van der Waals surface area contributed by atoms with Gasteiger partial charge in [0, 0.05) is 12.3 Å². The zero-order valence-electron chi connectivity index (χ0n) is 19.9. The molecule has 0 spiro atoms. The Morgan fingerprint density at radius 2 is 1.33 bits per heavy atom. The summed E-state index contributed by atoms with van der Waals surface area (Å²) in [5, 5.41) is 21.0. The SMILES string of the molecule is C[C@@]1(O)CC(=O)[C@H](C(=O)OCc2ccccc2)[C@@H](c2ccc(O)cc2)[C@@H]1C(=O)OCc1ccccc1. The second-order valence-corrected chi connectivity index (χ2v) is 9.26. The lowest BCUT2D eigenvalue weighted by Gasteiger charge is -2.43. The highest BCUT2D eigenvalue weighted by Gasteiger charge is 2.57. The summed E-state index contributed by atoms with van der Waals surface area (Å²) in [7, 11) is 0. The van der Waals surface area contributed by atoms with Gasteiger partial charge in [-0.15, -0.1) is 0 Å². The van der Waals surface area contributed by atoms with Crippen molar-refractivity contribution in [3.05, 3.63) is 102 Å². The smallest absolute Gasteiger partial charge is 0.317 e. The topological polar surface area (TPSA) is 110 Å². The molecule has 4 atom stereocenters. The van der Waals surface area contributed by atoms with Crippen LogP contribution in [-0.2, 0) is 37.1 Å². The maximum absolute atomic E-state index is 13.4. The Hall–Kier alpha value is -3.97. The number of carbonyl (C=O) groups excluding carboxylic acids is 3. The molecule has 7 heteroatoms. The molecule has 0 aromatic heterocycles. The van der Waals surface area contributed by atoms with Gasteiger partial charge in [-0.25, -0.2) is 0 Å². The molecule has 1 aliphatic carbocycles. The van der Waals surface area contributed by atoms with Crippen molar-refractivity contribution in [1.29, 1.82) is 0 Å². The van der Waals surface area contributed by atoms with Crippen LogP contribution in [0.1, 0.15) is 36.0 Å². The lowest BCUT2D eigenvalue weighted by molar-refractivity contribution is -0.174. The lowest BCUT2D eigenvalue weighted by atomic mass is 9.61. The highest BCUT2D eigenvalue weighted by molar-refractivity contribution is 6.02. The van der Waals surface area contributed by atoms with Crippen LogP contribution in [0, 0.1) is 11.8 Å². The van der Waals surface area contributed by atoms with Gasteiger partial charge in [0.2, 0.25) is 0 Å². The minimum atomic E-state index is -1.76. The molecule has 4 rings (SSSR count). The van der Waals surface area contributed by atoms with E-state index in [2.05, 4.69) is 0 Å². The molecule has 36 heavy (non-hydrogen) atoms. The van der Waals surface area contributed by atoms with Gasteiger partial charge in [-0.2, -0.15) is 0 Å². The number of carbonyl (C=O) groups is 3. The maximum atomic E-state index is 13.4. The number of aliphatic hydroxyl groups is 1. The molecule has 0 radical (unpaired) electrons. The van der Waals surface area contributed by atoms with Crippen molar-refractivity contribution in [2.75, 3.05) is 0 Å². The molecule has 0 amide bonds. The molecule has 3 aromatic rings. The molecular formula is C29H28O7. The molecule has 2 N–H and O–H groups in total. The number of ether oxygens (including phenoxy) is 2. The van der Waals surface area contributed by atoms with Gasteiger partial charge in [-0.05, 0) is 35.7 Å². The lowest BCUT2D eigenvalue weighted by Crippen LogP contribution is -2.55. The van der Waals surface area contributed by atoms with Crippen molar-refractivity contribution in [1.82, 2.24) is 0 Å². The van der Waals surface area contributed by atoms with E-state index in [0.717, 1.165) is 11.1 Å². The predicted molar refractivity (Wildman–Crippen MR) is 131 cm³/mol. The molecule has 7 nitrogen and oxygen atoms in total. The molecular weight excluding hydrogens is 460 g/mol. The fraction of sp³-hybridized carbons (Fsp3) is 0.276. The van der Waals surface area contributed by atoms with Crippen LogP contribution in [0.5, 0.6) is 5.75 Å². The van der Waals surface area contributed by atoms with Crippen LogP contribution in [0.3, 0.4) is 0 Å². The first-order valence-corrected chi connectivity index (χ1v) is 11.7. The van der Waals surface area contributed by atoms with Gasteiger partial charge in [0.25, 0.3) is 0 Å². The van der Waals surface area contributed by atoms with E-state index in [0.29, 0.717) is 5.56 Å². The molecule has 1 fully saturated rings. The number of ketones is 1. The van der Waals surface area contributed by atoms with Crippen LogP contribution in [-0.4, -0.2) is 33.5 Å². The highest BCUT2D eigenvalue weighted by Crippen LogP contribution is 2.47. The predicted octanol–water partition coefficient (Wildman–Crippen LogP) is 3.92. The van der Waals surface area contributed by atoms with E-state index < -0.39 is 47.5 Å². The zero-order valence-corrected chi connectivity index (χ0v) is 19.9. The zero-order chi connectivity index (χ0) is 25.7. The first kappa shape index (κ1) is 25.1. The van der Waals surface area contributed by atoms with Crippen molar-refractivity contribution < 1.29 is 34.1 Å². The van der Waals surface area contributed by atoms with E-state index in [1.54, 1.807) is 24.3 Å². The third-order valence-corrected chi connectivity index (χ3v) is 6.50. The molecule has 0 unspecified atom stereocenters. The van der Waals surface area contributed by atoms with Crippen LogP contribution in [0.15, 0.2) is 84.9 Å². The van der Waals surface area contributed by atoms with Crippen LogP contribution in [0.25, 0.3) is 0 Å². The quantitative estimate of drug-likeness (QED) is 0.383. The molecule has 0 aliphatic heterocycles. The number of Topliss-reactive ketones (excluding diaryl/α,β-unsaturated/α-hetero) is 1. The molecule has 0 bridgehead atoms. The van der Waals surface area contributed by atoms with Crippen molar-refractivity contribution in [3.8, 4) is 5.75 Å². The van der Waals surface area contributed by atoms with Crippen LogP contribution < -0.4 is 0 Å². The summed E-state index contributed by atoms with van der Waals surface area (Å²) < 4.78 is 11.1. The Kier molecular flexibility index (Phi) is 7.50. The number of aromatic hydroxyl groups is 1. The Morgan fingerprint density at radius 1 is 0.833 bits per heavy atom. The summed E-state index contributed by atoms with van der Waals surface area (Å²) in [6.07, 6.45) is -0.405. The molecule has 3 aromatic carbocycles. The highest BCUT2D eigenvalue weighted by atomic mass is 16.5. The number of hydrogen-bond donors (Lipinski definition) is 2. The minimum Gasteiger partial charge on any atom is -0.508 e. The van der Waals surface area contributed by atoms with Crippen molar-refractivity contribution in [2.24, 2.45) is 11.8 Å². The van der Waals surface area contributed by atoms with E-state index in [1.807, 2.05) is 36.4 Å². The summed E-state index contributed by atoms with van der Waals surface area (Å²) in [6, 6.07) is 24.0. The van der Waals surface area contributed by atoms with E-state index in [-0.39, 0.29) is 19.0 Å². The normalized spacial score (nSPS) is 23.6. The maximum Gasteiger partial charge on any atom is 0.317 e. The van der Waals surface area contributed by atoms with Crippen molar-refractivity contribution >= 4 is 17.7 Å². The first-order valence-electron chi connectivity index (χ1n) is 11.7. The summed E-state index contributed by atoms with van der Waals surface area (Å²) >= 11 is 0. The number of phenolic OH excluding ortho intramolecular Hbond substituents is 1. The number of benzene rings is 3. The van der Waals surface area contributed by atoms with Gasteiger partial charge in [-0.3, -0.25) is 14.4 Å². The molecule has 1 aliphatic rings. The third-order valence-electron chi connectivity index (χ3n) is 6.50. The fourth-order valence-electron chi connectivity index (χ4n) is 4.75. The second kappa shape index (κ2) is 10.7. The van der Waals surface area contributed by atoms with Crippen molar-refractivity contribution in [2.45, 2.75) is 38.1 Å². The van der Waals surface area contributed by atoms with E-state index in [4.69, 9.17) is 9.47 Å². The number of rotatable bonds is 7. The number of esters is 2. The fourth-order valence-corrected chi connectivity index (χ4v) is 4.75. The Morgan fingerprint density at radius 3 is 1.86 bits per heavy atom. The summed E-state index contributed by atoms with van der Waals surface area (Å²) in [5.74, 6) is -5.64. The van der Waals surface area contributed by atoms with E-state index in [9.17, 15) is 24.6 Å². The molecule has 0 saturated heterocycles.